The lowest BCUT2D eigenvalue weighted by molar-refractivity contribution is 1.45. The van der Waals surface area contributed by atoms with Crippen LogP contribution in [0.5, 0.6) is 0 Å². The molecule has 0 amide bonds. The molecule has 3 aromatic carbocycles. The molecule has 0 saturated carbocycles. The first-order valence-corrected chi connectivity index (χ1v) is 10.3. The molecule has 0 spiro atoms. The van der Waals surface area contributed by atoms with E-state index in [9.17, 15) is 0 Å². The molecule has 128 valence electrons. The summed E-state index contributed by atoms with van der Waals surface area (Å²) >= 11 is 3.73. The summed E-state index contributed by atoms with van der Waals surface area (Å²) in [4.78, 5) is 2.59. The molecule has 26 heavy (non-hydrogen) atoms. The fraction of sp³-hybridized carbons (Fsp3) is 0.0833. The minimum atomic E-state index is 1.28. The van der Waals surface area contributed by atoms with Crippen LogP contribution in [0.1, 0.15) is 11.1 Å². The number of rotatable bonds is 4. The topological polar surface area (TPSA) is 0 Å². The quantitative estimate of drug-likeness (QED) is 0.351. The van der Waals surface area contributed by atoms with Gasteiger partial charge in [0.1, 0.15) is 0 Å². The largest absolute Gasteiger partial charge is 0.128 e. The van der Waals surface area contributed by atoms with Crippen LogP contribution < -0.4 is 0 Å². The zero-order valence-electron chi connectivity index (χ0n) is 14.9. The summed E-state index contributed by atoms with van der Waals surface area (Å²) in [5, 5.41) is 0. The van der Waals surface area contributed by atoms with Crippen molar-refractivity contribution < 1.29 is 0 Å². The van der Waals surface area contributed by atoms with Crippen molar-refractivity contribution in [1.82, 2.24) is 0 Å². The number of thiophene rings is 1. The standard InChI is InChI=1S/C24H20S2/c1-17-8-12-19(13-9-17)22-16-23(20-14-10-18(2)11-15-20)26-24(22)25-21-6-4-3-5-7-21/h3-16H,1-2H3. The Balaban J connectivity index is 1.79. The van der Waals surface area contributed by atoms with Crippen LogP contribution in [0, 0.1) is 13.8 Å². The van der Waals surface area contributed by atoms with E-state index >= 15 is 0 Å². The maximum absolute atomic E-state index is 2.34. The Morgan fingerprint density at radius 1 is 0.654 bits per heavy atom. The summed E-state index contributed by atoms with van der Waals surface area (Å²) in [6.45, 7) is 4.27. The molecular formula is C24H20S2. The fourth-order valence-electron chi connectivity index (χ4n) is 2.84. The number of hydrogen-bond donors (Lipinski definition) is 0. The van der Waals surface area contributed by atoms with Gasteiger partial charge in [-0.25, -0.2) is 0 Å². The molecule has 0 atom stereocenters. The molecule has 4 aromatic rings. The number of aryl methyl sites for hydroxylation is 2. The van der Waals surface area contributed by atoms with Crippen molar-refractivity contribution in [3.8, 4) is 21.6 Å². The van der Waals surface area contributed by atoms with Crippen LogP contribution in [-0.2, 0) is 0 Å². The van der Waals surface area contributed by atoms with Crippen LogP contribution in [0.4, 0.5) is 0 Å². The van der Waals surface area contributed by atoms with Crippen LogP contribution in [0.2, 0.25) is 0 Å². The molecule has 0 aliphatic heterocycles. The zero-order valence-corrected chi connectivity index (χ0v) is 16.5. The average Bonchev–Trinajstić information content (AvgIpc) is 3.07. The minimum absolute atomic E-state index is 1.28. The molecule has 2 heteroatoms. The molecule has 0 bridgehead atoms. The Bertz CT molecular complexity index is 995. The predicted molar refractivity (Wildman–Crippen MR) is 115 cm³/mol. The Morgan fingerprint density at radius 3 is 1.85 bits per heavy atom. The van der Waals surface area contributed by atoms with E-state index in [1.165, 1.54) is 41.8 Å². The van der Waals surface area contributed by atoms with Crippen molar-refractivity contribution in [3.05, 3.63) is 96.1 Å². The van der Waals surface area contributed by atoms with Gasteiger partial charge in [-0.2, -0.15) is 0 Å². The first kappa shape index (κ1) is 17.1. The van der Waals surface area contributed by atoms with Gasteiger partial charge in [-0.3, -0.25) is 0 Å². The van der Waals surface area contributed by atoms with E-state index < -0.39 is 0 Å². The van der Waals surface area contributed by atoms with E-state index in [-0.39, 0.29) is 0 Å². The van der Waals surface area contributed by atoms with Crippen molar-refractivity contribution in [2.75, 3.05) is 0 Å². The molecule has 0 fully saturated rings. The van der Waals surface area contributed by atoms with Crippen LogP contribution in [0.3, 0.4) is 0 Å². The highest BCUT2D eigenvalue weighted by molar-refractivity contribution is 8.01. The summed E-state index contributed by atoms with van der Waals surface area (Å²) < 4.78 is 1.34. The van der Waals surface area contributed by atoms with Gasteiger partial charge in [-0.15, -0.1) is 11.3 Å². The smallest absolute Gasteiger partial charge is 0.0731 e. The second-order valence-electron chi connectivity index (χ2n) is 6.46. The average molecular weight is 373 g/mol. The summed E-state index contributed by atoms with van der Waals surface area (Å²) in [6, 6.07) is 30.6. The normalized spacial score (nSPS) is 10.8. The van der Waals surface area contributed by atoms with E-state index in [1.54, 1.807) is 0 Å². The van der Waals surface area contributed by atoms with Gasteiger partial charge < -0.3 is 0 Å². The second-order valence-corrected chi connectivity index (χ2v) is 8.85. The van der Waals surface area contributed by atoms with Gasteiger partial charge in [0.05, 0.1) is 4.21 Å². The van der Waals surface area contributed by atoms with E-state index in [0.29, 0.717) is 0 Å². The monoisotopic (exact) mass is 372 g/mol. The van der Waals surface area contributed by atoms with Crippen molar-refractivity contribution in [1.29, 1.82) is 0 Å². The maximum atomic E-state index is 2.34. The third-order valence-electron chi connectivity index (χ3n) is 4.35. The highest BCUT2D eigenvalue weighted by Gasteiger charge is 2.14. The number of benzene rings is 3. The molecule has 0 nitrogen and oxygen atoms in total. The van der Waals surface area contributed by atoms with Gasteiger partial charge in [0.15, 0.2) is 0 Å². The van der Waals surface area contributed by atoms with Gasteiger partial charge >= 0.3 is 0 Å². The second kappa shape index (κ2) is 7.53. The molecule has 1 aromatic heterocycles. The number of hydrogen-bond acceptors (Lipinski definition) is 2. The molecule has 4 rings (SSSR count). The lowest BCUT2D eigenvalue weighted by atomic mass is 10.1. The van der Waals surface area contributed by atoms with Crippen LogP contribution in [0.25, 0.3) is 21.6 Å². The van der Waals surface area contributed by atoms with Crippen molar-refractivity contribution >= 4 is 23.1 Å². The maximum Gasteiger partial charge on any atom is 0.0731 e. The Kier molecular flexibility index (Phi) is 4.96. The van der Waals surface area contributed by atoms with Crippen LogP contribution in [-0.4, -0.2) is 0 Å². The highest BCUT2D eigenvalue weighted by atomic mass is 32.2. The van der Waals surface area contributed by atoms with Crippen molar-refractivity contribution in [3.63, 3.8) is 0 Å². The summed E-state index contributed by atoms with van der Waals surface area (Å²) in [5.74, 6) is 0. The van der Waals surface area contributed by atoms with Gasteiger partial charge in [0, 0.05) is 15.3 Å². The predicted octanol–water partition coefficient (Wildman–Crippen LogP) is 7.85. The van der Waals surface area contributed by atoms with Crippen molar-refractivity contribution in [2.24, 2.45) is 0 Å². The molecule has 0 aliphatic carbocycles. The molecule has 0 unspecified atom stereocenters. The lowest BCUT2D eigenvalue weighted by Crippen LogP contribution is -1.78. The van der Waals surface area contributed by atoms with E-state index in [2.05, 4.69) is 98.8 Å². The molecule has 0 N–H and O–H groups in total. The molecule has 0 radical (unpaired) electrons. The van der Waals surface area contributed by atoms with Gasteiger partial charge in [0.25, 0.3) is 0 Å². The molecule has 0 saturated heterocycles. The SMILES string of the molecule is Cc1ccc(-c2cc(-c3ccc(C)cc3)c(Sc3ccccc3)s2)cc1. The summed E-state index contributed by atoms with van der Waals surface area (Å²) in [6.07, 6.45) is 0. The molecule has 0 aliphatic rings. The van der Waals surface area contributed by atoms with Crippen LogP contribution in [0.15, 0.2) is 94.0 Å². The summed E-state index contributed by atoms with van der Waals surface area (Å²) in [7, 11) is 0. The first-order chi connectivity index (χ1) is 12.7. The van der Waals surface area contributed by atoms with E-state index in [0.717, 1.165) is 0 Å². The lowest BCUT2D eigenvalue weighted by Gasteiger charge is -2.04. The van der Waals surface area contributed by atoms with Crippen LogP contribution >= 0.6 is 23.1 Å². The van der Waals surface area contributed by atoms with E-state index in [1.807, 2.05) is 23.1 Å². The zero-order chi connectivity index (χ0) is 17.9. The fourth-order valence-corrected chi connectivity index (χ4v) is 5.28. The third kappa shape index (κ3) is 3.77. The Labute approximate surface area is 163 Å². The molecule has 1 heterocycles. The minimum Gasteiger partial charge on any atom is -0.128 e. The third-order valence-corrected chi connectivity index (χ3v) is 6.74. The van der Waals surface area contributed by atoms with Gasteiger partial charge in [-0.1, -0.05) is 89.6 Å². The first-order valence-electron chi connectivity index (χ1n) is 8.70. The van der Waals surface area contributed by atoms with E-state index in [4.69, 9.17) is 0 Å². The summed E-state index contributed by atoms with van der Waals surface area (Å²) in [5.41, 5.74) is 6.47. The highest BCUT2D eigenvalue weighted by Crippen LogP contribution is 2.45. The Morgan fingerprint density at radius 2 is 1.23 bits per heavy atom. The Hall–Kier alpha value is -2.29. The van der Waals surface area contributed by atoms with Crippen molar-refractivity contribution in [2.45, 2.75) is 23.0 Å². The van der Waals surface area contributed by atoms with Gasteiger partial charge in [-0.05, 0) is 43.2 Å². The molecular weight excluding hydrogens is 352 g/mol. The van der Waals surface area contributed by atoms with Gasteiger partial charge in [0.2, 0.25) is 0 Å².